The molecule has 0 amide bonds. The summed E-state index contributed by atoms with van der Waals surface area (Å²) < 4.78 is 0. The average Bonchev–Trinajstić information content (AvgIpc) is 2.27. The van der Waals surface area contributed by atoms with Crippen molar-refractivity contribution in [2.24, 2.45) is 0 Å². The first-order chi connectivity index (χ1) is 7.61. The predicted molar refractivity (Wildman–Crippen MR) is 66.7 cm³/mol. The fraction of sp³-hybridized carbons (Fsp3) is 0.462. The smallest absolute Gasteiger partial charge is 0.150 e. The van der Waals surface area contributed by atoms with Gasteiger partial charge in [0.2, 0.25) is 0 Å². The van der Waals surface area contributed by atoms with Gasteiger partial charge in [-0.15, -0.1) is 0 Å². The van der Waals surface area contributed by atoms with Crippen LogP contribution in [0.5, 0.6) is 0 Å². The van der Waals surface area contributed by atoms with Gasteiger partial charge in [0.15, 0.2) is 0 Å². The summed E-state index contributed by atoms with van der Waals surface area (Å²) in [7, 11) is 6.26. The molecular formula is C13H20N2O. The van der Waals surface area contributed by atoms with Crippen LogP contribution in [0.2, 0.25) is 0 Å². The van der Waals surface area contributed by atoms with Crippen LogP contribution in [0, 0.1) is 0 Å². The molecule has 0 unspecified atom stereocenters. The molecule has 0 fully saturated rings. The molecule has 0 radical (unpaired) electrons. The summed E-state index contributed by atoms with van der Waals surface area (Å²) >= 11 is 0. The number of rotatable bonds is 6. The van der Waals surface area contributed by atoms with Crippen LogP contribution in [-0.2, 0) is 6.54 Å². The van der Waals surface area contributed by atoms with Gasteiger partial charge in [0, 0.05) is 25.2 Å². The van der Waals surface area contributed by atoms with Crippen molar-refractivity contribution < 1.29 is 4.79 Å². The highest BCUT2D eigenvalue weighted by molar-refractivity contribution is 5.74. The maximum atomic E-state index is 10.5. The Hall–Kier alpha value is -1.19. The average molecular weight is 220 g/mol. The van der Waals surface area contributed by atoms with E-state index >= 15 is 0 Å². The molecule has 0 heterocycles. The van der Waals surface area contributed by atoms with E-state index in [2.05, 4.69) is 30.9 Å². The summed E-state index contributed by atoms with van der Waals surface area (Å²) in [6, 6.07) is 7.75. The topological polar surface area (TPSA) is 23.6 Å². The maximum Gasteiger partial charge on any atom is 0.150 e. The molecule has 0 aliphatic carbocycles. The van der Waals surface area contributed by atoms with Crippen LogP contribution in [0.25, 0.3) is 0 Å². The van der Waals surface area contributed by atoms with E-state index in [1.54, 1.807) is 0 Å². The Morgan fingerprint density at radius 3 is 2.19 bits per heavy atom. The molecule has 0 spiro atoms. The third-order valence-corrected chi connectivity index (χ3v) is 2.50. The van der Waals surface area contributed by atoms with Gasteiger partial charge in [-0.05, 0) is 26.7 Å². The summed E-state index contributed by atoms with van der Waals surface area (Å²) in [6.45, 7) is 3.03. The van der Waals surface area contributed by atoms with Crippen molar-refractivity contribution in [1.82, 2.24) is 9.80 Å². The van der Waals surface area contributed by atoms with Crippen molar-refractivity contribution in [2.75, 3.05) is 34.2 Å². The van der Waals surface area contributed by atoms with Crippen molar-refractivity contribution in [3.8, 4) is 0 Å². The molecule has 88 valence electrons. The maximum absolute atomic E-state index is 10.5. The first kappa shape index (κ1) is 12.9. The number of likely N-dealkylation sites (N-methyl/N-ethyl adjacent to an activating group) is 2. The largest absolute Gasteiger partial charge is 0.308 e. The molecule has 1 aromatic carbocycles. The van der Waals surface area contributed by atoms with E-state index in [0.717, 1.165) is 31.5 Å². The Bertz CT molecular complexity index is 319. The van der Waals surface area contributed by atoms with E-state index in [1.165, 1.54) is 5.56 Å². The number of hydrogen-bond donors (Lipinski definition) is 0. The quantitative estimate of drug-likeness (QED) is 0.679. The minimum atomic E-state index is 0.736. The van der Waals surface area contributed by atoms with E-state index in [4.69, 9.17) is 0 Å². The van der Waals surface area contributed by atoms with Gasteiger partial charge in [-0.3, -0.25) is 4.79 Å². The third kappa shape index (κ3) is 4.55. The Morgan fingerprint density at radius 1 is 1.06 bits per heavy atom. The normalized spacial score (nSPS) is 11.1. The predicted octanol–water partition coefficient (Wildman–Crippen LogP) is 1.49. The van der Waals surface area contributed by atoms with Crippen molar-refractivity contribution >= 4 is 6.29 Å². The number of nitrogens with zero attached hydrogens (tertiary/aromatic N) is 2. The summed E-state index contributed by atoms with van der Waals surface area (Å²) in [5, 5.41) is 0. The van der Waals surface area contributed by atoms with Gasteiger partial charge in [0.05, 0.1) is 0 Å². The zero-order valence-corrected chi connectivity index (χ0v) is 10.3. The molecule has 3 nitrogen and oxygen atoms in total. The van der Waals surface area contributed by atoms with Crippen LogP contribution in [-0.4, -0.2) is 50.3 Å². The van der Waals surface area contributed by atoms with Crippen LogP contribution in [0.3, 0.4) is 0 Å². The summed E-state index contributed by atoms with van der Waals surface area (Å²) in [4.78, 5) is 14.9. The first-order valence-electron chi connectivity index (χ1n) is 5.49. The minimum absolute atomic E-state index is 0.736. The number of benzene rings is 1. The molecule has 0 bridgehead atoms. The van der Waals surface area contributed by atoms with Gasteiger partial charge in [0.25, 0.3) is 0 Å². The van der Waals surface area contributed by atoms with Crippen LogP contribution in [0.15, 0.2) is 24.3 Å². The van der Waals surface area contributed by atoms with Gasteiger partial charge >= 0.3 is 0 Å². The Labute approximate surface area is 97.7 Å². The van der Waals surface area contributed by atoms with E-state index < -0.39 is 0 Å². The molecule has 3 heteroatoms. The monoisotopic (exact) mass is 220 g/mol. The van der Waals surface area contributed by atoms with E-state index in [0.29, 0.717) is 0 Å². The lowest BCUT2D eigenvalue weighted by molar-refractivity contribution is 0.112. The zero-order valence-electron chi connectivity index (χ0n) is 10.3. The SMILES string of the molecule is CN(C)CCN(C)Cc1ccc(C=O)cc1. The highest BCUT2D eigenvalue weighted by Gasteiger charge is 2.01. The van der Waals surface area contributed by atoms with Crippen LogP contribution >= 0.6 is 0 Å². The summed E-state index contributed by atoms with van der Waals surface area (Å²) in [5.41, 5.74) is 1.98. The molecule has 0 aromatic heterocycles. The highest BCUT2D eigenvalue weighted by Crippen LogP contribution is 2.05. The first-order valence-corrected chi connectivity index (χ1v) is 5.49. The molecule has 0 N–H and O–H groups in total. The molecule has 0 saturated carbocycles. The molecule has 0 aliphatic rings. The third-order valence-electron chi connectivity index (χ3n) is 2.50. The Kier molecular flexibility index (Phi) is 5.15. The minimum Gasteiger partial charge on any atom is -0.308 e. The molecule has 16 heavy (non-hydrogen) atoms. The molecule has 0 aliphatic heterocycles. The van der Waals surface area contributed by atoms with Gasteiger partial charge in [-0.1, -0.05) is 24.3 Å². The second-order valence-corrected chi connectivity index (χ2v) is 4.40. The van der Waals surface area contributed by atoms with Crippen molar-refractivity contribution in [3.05, 3.63) is 35.4 Å². The second kappa shape index (κ2) is 6.40. The number of carbonyl (C=O) groups excluding carboxylic acids is 1. The number of aldehydes is 1. The van der Waals surface area contributed by atoms with Crippen LogP contribution in [0.4, 0.5) is 0 Å². The van der Waals surface area contributed by atoms with Crippen molar-refractivity contribution in [2.45, 2.75) is 6.54 Å². The fourth-order valence-electron chi connectivity index (χ4n) is 1.46. The number of carbonyl (C=O) groups is 1. The molecular weight excluding hydrogens is 200 g/mol. The summed E-state index contributed by atoms with van der Waals surface area (Å²) in [5.74, 6) is 0. The summed E-state index contributed by atoms with van der Waals surface area (Å²) in [6.07, 6.45) is 0.875. The molecule has 1 rings (SSSR count). The lowest BCUT2D eigenvalue weighted by atomic mass is 10.1. The Morgan fingerprint density at radius 2 is 1.69 bits per heavy atom. The van der Waals surface area contributed by atoms with Gasteiger partial charge < -0.3 is 9.80 Å². The standard InChI is InChI=1S/C13H20N2O/c1-14(2)8-9-15(3)10-12-4-6-13(11-16)7-5-12/h4-7,11H,8-10H2,1-3H3. The van der Waals surface area contributed by atoms with Crippen molar-refractivity contribution in [1.29, 1.82) is 0 Å². The van der Waals surface area contributed by atoms with Crippen LogP contribution < -0.4 is 0 Å². The lowest BCUT2D eigenvalue weighted by Crippen LogP contribution is -2.28. The Balaban J connectivity index is 2.43. The number of hydrogen-bond acceptors (Lipinski definition) is 3. The molecule has 1 aromatic rings. The molecule has 0 atom stereocenters. The lowest BCUT2D eigenvalue weighted by Gasteiger charge is -2.19. The van der Waals surface area contributed by atoms with Gasteiger partial charge in [0.1, 0.15) is 6.29 Å². The van der Waals surface area contributed by atoms with E-state index in [-0.39, 0.29) is 0 Å². The zero-order chi connectivity index (χ0) is 12.0. The van der Waals surface area contributed by atoms with Gasteiger partial charge in [-0.25, -0.2) is 0 Å². The van der Waals surface area contributed by atoms with E-state index in [1.807, 2.05) is 24.3 Å². The fourth-order valence-corrected chi connectivity index (χ4v) is 1.46. The molecule has 0 saturated heterocycles. The van der Waals surface area contributed by atoms with Crippen molar-refractivity contribution in [3.63, 3.8) is 0 Å². The highest BCUT2D eigenvalue weighted by atomic mass is 16.1. The van der Waals surface area contributed by atoms with E-state index in [9.17, 15) is 4.79 Å². The van der Waals surface area contributed by atoms with Crippen LogP contribution in [0.1, 0.15) is 15.9 Å². The van der Waals surface area contributed by atoms with Gasteiger partial charge in [-0.2, -0.15) is 0 Å². The second-order valence-electron chi connectivity index (χ2n) is 4.40.